The first-order chi connectivity index (χ1) is 8.44. The lowest BCUT2D eigenvalue weighted by molar-refractivity contribution is 0.515. The van der Waals surface area contributed by atoms with Crippen LogP contribution in [-0.4, -0.2) is 16.3 Å². The minimum Gasteiger partial charge on any atom is -0.330 e. The first-order valence-corrected chi connectivity index (χ1v) is 6.34. The van der Waals surface area contributed by atoms with Crippen LogP contribution < -0.4 is 5.73 Å². The predicted octanol–water partition coefficient (Wildman–Crippen LogP) is 3.07. The largest absolute Gasteiger partial charge is 0.330 e. The van der Waals surface area contributed by atoms with Crippen molar-refractivity contribution in [2.45, 2.75) is 26.2 Å². The molecule has 0 unspecified atom stereocenters. The van der Waals surface area contributed by atoms with Crippen LogP contribution in [0.3, 0.4) is 0 Å². The zero-order chi connectivity index (χ0) is 13.3. The molecule has 0 radical (unpaired) electrons. The van der Waals surface area contributed by atoms with Crippen LogP contribution in [0.2, 0.25) is 5.02 Å². The third-order valence-electron chi connectivity index (χ3n) is 3.21. The Bertz CT molecular complexity index is 558. The topological polar surface area (TPSA) is 43.8 Å². The molecule has 0 amide bonds. The summed E-state index contributed by atoms with van der Waals surface area (Å²) in [5.41, 5.74) is 8.79. The minimum absolute atomic E-state index is 0.113. The Balaban J connectivity index is 2.44. The van der Waals surface area contributed by atoms with Crippen LogP contribution in [-0.2, 0) is 5.41 Å². The van der Waals surface area contributed by atoms with Gasteiger partial charge >= 0.3 is 0 Å². The first-order valence-electron chi connectivity index (χ1n) is 5.97. The zero-order valence-electron chi connectivity index (χ0n) is 10.9. The Kier molecular flexibility index (Phi) is 3.46. The number of hydrogen-bond donors (Lipinski definition) is 1. The van der Waals surface area contributed by atoms with Crippen molar-refractivity contribution in [3.05, 3.63) is 46.7 Å². The van der Waals surface area contributed by atoms with Gasteiger partial charge in [0.1, 0.15) is 0 Å². The molecule has 0 saturated carbocycles. The van der Waals surface area contributed by atoms with E-state index in [9.17, 15) is 0 Å². The molecule has 1 heterocycles. The SMILES string of the molecule is Cc1ccc(Cl)cc1-n1ccc(C(C)(C)CN)n1. The summed E-state index contributed by atoms with van der Waals surface area (Å²) in [6.07, 6.45) is 1.95. The summed E-state index contributed by atoms with van der Waals surface area (Å²) in [5, 5.41) is 5.32. The Morgan fingerprint density at radius 1 is 1.33 bits per heavy atom. The molecule has 0 saturated heterocycles. The van der Waals surface area contributed by atoms with Gasteiger partial charge in [-0.2, -0.15) is 5.10 Å². The van der Waals surface area contributed by atoms with Crippen LogP contribution in [0.15, 0.2) is 30.5 Å². The van der Waals surface area contributed by atoms with E-state index >= 15 is 0 Å². The highest BCUT2D eigenvalue weighted by atomic mass is 35.5. The van der Waals surface area contributed by atoms with Crippen LogP contribution >= 0.6 is 11.6 Å². The van der Waals surface area contributed by atoms with Gasteiger partial charge in [-0.25, -0.2) is 4.68 Å². The average Bonchev–Trinajstić information content (AvgIpc) is 2.82. The van der Waals surface area contributed by atoms with E-state index < -0.39 is 0 Å². The number of nitrogens with two attached hydrogens (primary N) is 1. The Hall–Kier alpha value is -1.32. The second kappa shape index (κ2) is 4.75. The number of halogens is 1. The van der Waals surface area contributed by atoms with Crippen molar-refractivity contribution in [2.75, 3.05) is 6.54 Å². The molecule has 0 aliphatic heterocycles. The molecule has 2 aromatic rings. The van der Waals surface area contributed by atoms with Gasteiger partial charge in [0.25, 0.3) is 0 Å². The van der Waals surface area contributed by atoms with E-state index in [-0.39, 0.29) is 5.41 Å². The zero-order valence-corrected chi connectivity index (χ0v) is 11.7. The van der Waals surface area contributed by atoms with Gasteiger partial charge in [0.05, 0.1) is 11.4 Å². The molecule has 2 rings (SSSR count). The molecule has 1 aromatic carbocycles. The second-order valence-electron chi connectivity index (χ2n) is 5.16. The minimum atomic E-state index is -0.113. The summed E-state index contributed by atoms with van der Waals surface area (Å²) in [7, 11) is 0. The van der Waals surface area contributed by atoms with Gasteiger partial charge in [0.2, 0.25) is 0 Å². The average molecular weight is 264 g/mol. The van der Waals surface area contributed by atoms with Crippen molar-refractivity contribution >= 4 is 11.6 Å². The van der Waals surface area contributed by atoms with Gasteiger partial charge in [-0.3, -0.25) is 0 Å². The van der Waals surface area contributed by atoms with Gasteiger partial charge < -0.3 is 5.73 Å². The molecule has 96 valence electrons. The Morgan fingerprint density at radius 3 is 2.72 bits per heavy atom. The summed E-state index contributed by atoms with van der Waals surface area (Å²) < 4.78 is 1.86. The Labute approximate surface area is 113 Å². The molecule has 0 spiro atoms. The molecule has 3 nitrogen and oxygen atoms in total. The van der Waals surface area contributed by atoms with Crippen molar-refractivity contribution in [3.8, 4) is 5.69 Å². The lowest BCUT2D eigenvalue weighted by Gasteiger charge is -2.19. The fourth-order valence-corrected chi connectivity index (χ4v) is 1.92. The third kappa shape index (κ3) is 2.42. The van der Waals surface area contributed by atoms with E-state index in [0.29, 0.717) is 11.6 Å². The summed E-state index contributed by atoms with van der Waals surface area (Å²) in [6, 6.07) is 7.80. The molecule has 0 aliphatic carbocycles. The molecular formula is C14H18ClN3. The lowest BCUT2D eigenvalue weighted by Crippen LogP contribution is -2.28. The number of aryl methyl sites for hydroxylation is 1. The lowest BCUT2D eigenvalue weighted by atomic mass is 9.90. The van der Waals surface area contributed by atoms with Crippen molar-refractivity contribution in [1.82, 2.24) is 9.78 Å². The van der Waals surface area contributed by atoms with E-state index in [0.717, 1.165) is 16.9 Å². The van der Waals surface area contributed by atoms with Gasteiger partial charge in [-0.05, 0) is 30.7 Å². The number of hydrogen-bond acceptors (Lipinski definition) is 2. The van der Waals surface area contributed by atoms with Gasteiger partial charge in [-0.1, -0.05) is 31.5 Å². The smallest absolute Gasteiger partial charge is 0.0697 e. The van der Waals surface area contributed by atoms with Crippen LogP contribution in [0.1, 0.15) is 25.1 Å². The van der Waals surface area contributed by atoms with Crippen molar-refractivity contribution in [1.29, 1.82) is 0 Å². The highest BCUT2D eigenvalue weighted by molar-refractivity contribution is 6.30. The summed E-state index contributed by atoms with van der Waals surface area (Å²) in [4.78, 5) is 0. The fourth-order valence-electron chi connectivity index (χ4n) is 1.75. The fraction of sp³-hybridized carbons (Fsp3) is 0.357. The van der Waals surface area contributed by atoms with Gasteiger partial charge in [0.15, 0.2) is 0 Å². The van der Waals surface area contributed by atoms with Gasteiger partial charge in [-0.15, -0.1) is 0 Å². The number of nitrogens with zero attached hydrogens (tertiary/aromatic N) is 2. The Morgan fingerprint density at radius 2 is 2.06 bits per heavy atom. The van der Waals surface area contributed by atoms with Crippen LogP contribution in [0.5, 0.6) is 0 Å². The van der Waals surface area contributed by atoms with Crippen molar-refractivity contribution in [3.63, 3.8) is 0 Å². The molecule has 0 atom stereocenters. The quantitative estimate of drug-likeness (QED) is 0.925. The summed E-state index contributed by atoms with van der Waals surface area (Å²) >= 11 is 6.03. The number of aromatic nitrogens is 2. The summed E-state index contributed by atoms with van der Waals surface area (Å²) in [5.74, 6) is 0. The second-order valence-corrected chi connectivity index (χ2v) is 5.60. The van der Waals surface area contributed by atoms with Crippen LogP contribution in [0, 0.1) is 6.92 Å². The molecule has 2 N–H and O–H groups in total. The maximum atomic E-state index is 6.03. The number of benzene rings is 1. The van der Waals surface area contributed by atoms with Crippen molar-refractivity contribution in [2.24, 2.45) is 5.73 Å². The van der Waals surface area contributed by atoms with Crippen molar-refractivity contribution < 1.29 is 0 Å². The van der Waals surface area contributed by atoms with E-state index in [1.54, 1.807) is 0 Å². The molecule has 0 aliphatic rings. The summed E-state index contributed by atoms with van der Waals surface area (Å²) in [6.45, 7) is 6.79. The molecule has 0 fully saturated rings. The molecule has 1 aromatic heterocycles. The molecule has 0 bridgehead atoms. The highest BCUT2D eigenvalue weighted by Crippen LogP contribution is 2.23. The van der Waals surface area contributed by atoms with Crippen LogP contribution in [0.25, 0.3) is 5.69 Å². The van der Waals surface area contributed by atoms with E-state index in [4.69, 9.17) is 17.3 Å². The maximum absolute atomic E-state index is 6.03. The third-order valence-corrected chi connectivity index (χ3v) is 3.45. The maximum Gasteiger partial charge on any atom is 0.0697 e. The first kappa shape index (κ1) is 13.1. The monoisotopic (exact) mass is 263 g/mol. The van der Waals surface area contributed by atoms with E-state index in [1.165, 1.54) is 0 Å². The normalized spacial score (nSPS) is 11.8. The molecule has 4 heteroatoms. The molecule has 18 heavy (non-hydrogen) atoms. The molecular weight excluding hydrogens is 246 g/mol. The van der Waals surface area contributed by atoms with E-state index in [1.807, 2.05) is 42.1 Å². The van der Waals surface area contributed by atoms with E-state index in [2.05, 4.69) is 18.9 Å². The predicted molar refractivity (Wildman–Crippen MR) is 75.4 cm³/mol. The highest BCUT2D eigenvalue weighted by Gasteiger charge is 2.21. The van der Waals surface area contributed by atoms with Crippen LogP contribution in [0.4, 0.5) is 0 Å². The van der Waals surface area contributed by atoms with Gasteiger partial charge in [0, 0.05) is 23.2 Å². The standard InChI is InChI=1S/C14H18ClN3/c1-10-4-5-11(15)8-12(10)18-7-6-13(17-18)14(2,3)9-16/h4-8H,9,16H2,1-3H3. The number of rotatable bonds is 3.